The number of carboxylic acid groups (broad SMARTS) is 1. The Bertz CT molecular complexity index is 739. The molecule has 0 aliphatic rings. The monoisotopic (exact) mass is 369 g/mol. The van der Waals surface area contributed by atoms with Gasteiger partial charge < -0.3 is 19.6 Å². The van der Waals surface area contributed by atoms with Crippen molar-refractivity contribution in [1.29, 1.82) is 0 Å². The van der Waals surface area contributed by atoms with Crippen molar-refractivity contribution in [2.24, 2.45) is 0 Å². The fourth-order valence-electron chi connectivity index (χ4n) is 2.12. The molecule has 2 aromatic rings. The van der Waals surface area contributed by atoms with E-state index in [9.17, 15) is 14.7 Å². The first-order valence-corrected chi connectivity index (χ1v) is 7.30. The summed E-state index contributed by atoms with van der Waals surface area (Å²) in [6.45, 7) is 3.15. The number of ether oxygens (including phenoxy) is 1. The van der Waals surface area contributed by atoms with Gasteiger partial charge >= 0.3 is 5.97 Å². The van der Waals surface area contributed by atoms with Crippen LogP contribution in [0.3, 0.4) is 0 Å². The van der Waals surface area contributed by atoms with Crippen molar-refractivity contribution in [2.75, 3.05) is 13.7 Å². The summed E-state index contributed by atoms with van der Waals surface area (Å²) in [6, 6.07) is 5.34. The fourth-order valence-corrected chi connectivity index (χ4v) is 2.79. The molecule has 0 fully saturated rings. The quantitative estimate of drug-likeness (QED) is 0.845. The number of carboxylic acids is 1. The lowest BCUT2D eigenvalue weighted by Gasteiger charge is -2.24. The second kappa shape index (κ2) is 6.10. The number of furan rings is 1. The SMILES string of the molecule is COCC(C)(NC(=O)c1cc2cc(C)cc(Br)c2o1)C(=O)O. The van der Waals surface area contributed by atoms with E-state index in [1.165, 1.54) is 14.0 Å². The van der Waals surface area contributed by atoms with Crippen molar-refractivity contribution in [2.45, 2.75) is 19.4 Å². The van der Waals surface area contributed by atoms with Crippen LogP contribution in [0, 0.1) is 6.92 Å². The lowest BCUT2D eigenvalue weighted by atomic mass is 10.0. The number of benzene rings is 1. The average molecular weight is 370 g/mol. The number of carbonyl (C=O) groups excluding carboxylic acids is 1. The zero-order valence-electron chi connectivity index (χ0n) is 12.4. The summed E-state index contributed by atoms with van der Waals surface area (Å²) >= 11 is 3.38. The first kappa shape index (κ1) is 16.5. The van der Waals surface area contributed by atoms with Crippen LogP contribution in [-0.4, -0.2) is 36.2 Å². The van der Waals surface area contributed by atoms with E-state index in [0.717, 1.165) is 15.4 Å². The summed E-state index contributed by atoms with van der Waals surface area (Å²) in [6.07, 6.45) is 0. The Morgan fingerprint density at radius 3 is 2.68 bits per heavy atom. The topological polar surface area (TPSA) is 88.8 Å². The molecule has 1 heterocycles. The van der Waals surface area contributed by atoms with E-state index in [-0.39, 0.29) is 12.4 Å². The number of nitrogens with one attached hydrogen (secondary N) is 1. The number of fused-ring (bicyclic) bond motifs is 1. The summed E-state index contributed by atoms with van der Waals surface area (Å²) in [5, 5.41) is 12.4. The van der Waals surface area contributed by atoms with Crippen LogP contribution in [0.2, 0.25) is 0 Å². The van der Waals surface area contributed by atoms with E-state index in [1.807, 2.05) is 19.1 Å². The molecule has 0 aliphatic carbocycles. The van der Waals surface area contributed by atoms with Gasteiger partial charge in [-0.2, -0.15) is 0 Å². The van der Waals surface area contributed by atoms with Crippen LogP contribution in [0.15, 0.2) is 27.1 Å². The molecule has 0 spiro atoms. The number of carbonyl (C=O) groups is 2. The summed E-state index contributed by atoms with van der Waals surface area (Å²) in [4.78, 5) is 23.6. The van der Waals surface area contributed by atoms with Crippen LogP contribution in [-0.2, 0) is 9.53 Å². The molecule has 1 aromatic heterocycles. The van der Waals surface area contributed by atoms with Gasteiger partial charge in [-0.3, -0.25) is 4.79 Å². The van der Waals surface area contributed by atoms with Crippen LogP contribution < -0.4 is 5.32 Å². The molecule has 22 heavy (non-hydrogen) atoms. The minimum Gasteiger partial charge on any atom is -0.479 e. The Morgan fingerprint density at radius 2 is 2.09 bits per heavy atom. The highest BCUT2D eigenvalue weighted by Gasteiger charge is 2.36. The molecule has 1 unspecified atom stereocenters. The maximum absolute atomic E-state index is 12.3. The molecule has 2 N–H and O–H groups in total. The Morgan fingerprint density at radius 1 is 1.41 bits per heavy atom. The Hall–Kier alpha value is -1.86. The van der Waals surface area contributed by atoms with Gasteiger partial charge in [0.1, 0.15) is 5.58 Å². The van der Waals surface area contributed by atoms with Gasteiger partial charge in [-0.15, -0.1) is 0 Å². The van der Waals surface area contributed by atoms with E-state index < -0.39 is 17.4 Å². The molecule has 6 nitrogen and oxygen atoms in total. The molecule has 1 atom stereocenters. The second-order valence-electron chi connectivity index (χ2n) is 5.30. The maximum Gasteiger partial charge on any atom is 0.331 e. The number of hydrogen-bond acceptors (Lipinski definition) is 4. The van der Waals surface area contributed by atoms with Gasteiger partial charge in [0.05, 0.1) is 11.1 Å². The van der Waals surface area contributed by atoms with Gasteiger partial charge in [-0.1, -0.05) is 0 Å². The predicted octanol–water partition coefficient (Wildman–Crippen LogP) is 2.72. The number of methoxy groups -OCH3 is 1. The molecule has 0 radical (unpaired) electrons. The van der Waals surface area contributed by atoms with E-state index in [4.69, 9.17) is 9.15 Å². The number of amides is 1. The van der Waals surface area contributed by atoms with Gasteiger partial charge in [0.25, 0.3) is 5.91 Å². The first-order chi connectivity index (χ1) is 10.3. The van der Waals surface area contributed by atoms with Crippen molar-refractivity contribution in [1.82, 2.24) is 5.32 Å². The summed E-state index contributed by atoms with van der Waals surface area (Å²) in [5.41, 5.74) is 0.0271. The second-order valence-corrected chi connectivity index (χ2v) is 6.15. The highest BCUT2D eigenvalue weighted by atomic mass is 79.9. The Balaban J connectivity index is 2.33. The van der Waals surface area contributed by atoms with Crippen LogP contribution in [0.4, 0.5) is 0 Å². The van der Waals surface area contributed by atoms with Crippen molar-refractivity contribution in [3.63, 3.8) is 0 Å². The van der Waals surface area contributed by atoms with E-state index in [1.54, 1.807) is 6.07 Å². The zero-order chi connectivity index (χ0) is 16.5. The summed E-state index contributed by atoms with van der Waals surface area (Å²) in [5.74, 6) is -1.75. The zero-order valence-corrected chi connectivity index (χ0v) is 14.0. The smallest absolute Gasteiger partial charge is 0.331 e. The third-order valence-corrected chi connectivity index (χ3v) is 3.82. The standard InChI is InChI=1S/C15H16BrNO5/c1-8-4-9-6-11(22-12(9)10(16)5-8)13(18)17-15(2,7-21-3)14(19)20/h4-6H,7H2,1-3H3,(H,17,18)(H,19,20). The van der Waals surface area contributed by atoms with Gasteiger partial charge in [0.2, 0.25) is 0 Å². The van der Waals surface area contributed by atoms with Crippen molar-refractivity contribution < 1.29 is 23.8 Å². The summed E-state index contributed by atoms with van der Waals surface area (Å²) in [7, 11) is 1.37. The maximum atomic E-state index is 12.3. The lowest BCUT2D eigenvalue weighted by molar-refractivity contribution is -0.145. The van der Waals surface area contributed by atoms with E-state index >= 15 is 0 Å². The largest absolute Gasteiger partial charge is 0.479 e. The molecule has 0 saturated carbocycles. The fraction of sp³-hybridized carbons (Fsp3) is 0.333. The van der Waals surface area contributed by atoms with E-state index in [2.05, 4.69) is 21.2 Å². The molecule has 1 amide bonds. The molecule has 0 saturated heterocycles. The minimum atomic E-state index is -1.53. The molecule has 0 bridgehead atoms. The molecule has 7 heteroatoms. The Labute approximate surface area is 135 Å². The van der Waals surface area contributed by atoms with Crippen molar-refractivity contribution in [3.8, 4) is 0 Å². The lowest BCUT2D eigenvalue weighted by Crippen LogP contribution is -2.55. The third kappa shape index (κ3) is 3.15. The summed E-state index contributed by atoms with van der Waals surface area (Å²) < 4.78 is 11.1. The van der Waals surface area contributed by atoms with Crippen molar-refractivity contribution in [3.05, 3.63) is 34.0 Å². The highest BCUT2D eigenvalue weighted by molar-refractivity contribution is 9.10. The first-order valence-electron chi connectivity index (χ1n) is 6.51. The van der Waals surface area contributed by atoms with E-state index in [0.29, 0.717) is 5.58 Å². The molecular weight excluding hydrogens is 354 g/mol. The number of hydrogen-bond donors (Lipinski definition) is 2. The van der Waals surface area contributed by atoms with Crippen LogP contribution in [0.1, 0.15) is 23.0 Å². The van der Waals surface area contributed by atoms with Gasteiger partial charge in [-0.25, -0.2) is 4.79 Å². The van der Waals surface area contributed by atoms with Crippen LogP contribution in [0.25, 0.3) is 11.0 Å². The number of aliphatic carboxylic acids is 1. The molecule has 0 aliphatic heterocycles. The molecule has 2 rings (SSSR count). The molecule has 1 aromatic carbocycles. The number of rotatable bonds is 5. The molecular formula is C15H16BrNO5. The number of halogens is 1. The third-order valence-electron chi connectivity index (χ3n) is 3.23. The van der Waals surface area contributed by atoms with Crippen LogP contribution >= 0.6 is 15.9 Å². The van der Waals surface area contributed by atoms with Crippen LogP contribution in [0.5, 0.6) is 0 Å². The van der Waals surface area contributed by atoms with Gasteiger partial charge in [0.15, 0.2) is 11.3 Å². The predicted molar refractivity (Wildman–Crippen MR) is 84.0 cm³/mol. The average Bonchev–Trinajstić information content (AvgIpc) is 2.82. The molecule has 118 valence electrons. The minimum absolute atomic E-state index is 0.0462. The highest BCUT2D eigenvalue weighted by Crippen LogP contribution is 2.29. The van der Waals surface area contributed by atoms with Gasteiger partial charge in [-0.05, 0) is 53.5 Å². The Kier molecular flexibility index (Phi) is 4.58. The van der Waals surface area contributed by atoms with Crippen molar-refractivity contribution >= 4 is 38.8 Å². The number of aryl methyl sites for hydroxylation is 1. The van der Waals surface area contributed by atoms with Gasteiger partial charge in [0, 0.05) is 12.5 Å². The normalized spacial score (nSPS) is 13.8.